The second kappa shape index (κ2) is 11.3. The lowest BCUT2D eigenvalue weighted by Crippen LogP contribution is -2.62. The molecular formula is C26H48N4O2. The van der Waals surface area contributed by atoms with Crippen LogP contribution in [0, 0.1) is 17.3 Å². The van der Waals surface area contributed by atoms with Gasteiger partial charge in [-0.1, -0.05) is 34.6 Å². The van der Waals surface area contributed by atoms with E-state index in [1.54, 1.807) is 0 Å². The number of likely N-dealkylation sites (tertiary alicyclic amines) is 2. The molecule has 3 saturated heterocycles. The van der Waals surface area contributed by atoms with Crippen LogP contribution in [-0.4, -0.2) is 84.4 Å². The molecule has 2 amide bonds. The molecule has 3 heterocycles. The van der Waals surface area contributed by atoms with Crippen molar-refractivity contribution in [1.29, 1.82) is 0 Å². The van der Waals surface area contributed by atoms with Gasteiger partial charge < -0.3 is 20.0 Å². The summed E-state index contributed by atoms with van der Waals surface area (Å²) in [7, 11) is 0. The first-order chi connectivity index (χ1) is 15.2. The highest BCUT2D eigenvalue weighted by atomic mass is 16.2. The first-order valence-corrected chi connectivity index (χ1v) is 13.2. The average Bonchev–Trinajstić information content (AvgIpc) is 3.26. The molecule has 0 aromatic carbocycles. The third-order valence-corrected chi connectivity index (χ3v) is 7.90. The number of rotatable bonds is 9. The van der Waals surface area contributed by atoms with Gasteiger partial charge in [-0.15, -0.1) is 0 Å². The molecule has 0 aromatic rings. The van der Waals surface area contributed by atoms with Crippen molar-refractivity contribution in [3.63, 3.8) is 0 Å². The summed E-state index contributed by atoms with van der Waals surface area (Å²) in [5.74, 6) is 1.14. The lowest BCUT2D eigenvalue weighted by atomic mass is 9.77. The van der Waals surface area contributed by atoms with Gasteiger partial charge in [-0.2, -0.15) is 0 Å². The van der Waals surface area contributed by atoms with E-state index >= 15 is 0 Å². The van der Waals surface area contributed by atoms with E-state index in [4.69, 9.17) is 0 Å². The van der Waals surface area contributed by atoms with Crippen LogP contribution < -0.4 is 5.32 Å². The molecule has 2 atom stereocenters. The monoisotopic (exact) mass is 448 g/mol. The topological polar surface area (TPSA) is 55.9 Å². The maximum atomic E-state index is 13.7. The fourth-order valence-corrected chi connectivity index (χ4v) is 5.69. The van der Waals surface area contributed by atoms with E-state index in [9.17, 15) is 9.59 Å². The number of nitrogens with zero attached hydrogens (tertiary/aromatic N) is 3. The lowest BCUT2D eigenvalue weighted by molar-refractivity contribution is -0.151. The van der Waals surface area contributed by atoms with E-state index in [0.717, 1.165) is 45.3 Å². The number of piperidine rings is 1. The highest BCUT2D eigenvalue weighted by Crippen LogP contribution is 2.35. The Kier molecular flexibility index (Phi) is 9.02. The summed E-state index contributed by atoms with van der Waals surface area (Å²) >= 11 is 0. The van der Waals surface area contributed by atoms with Crippen LogP contribution in [0.25, 0.3) is 0 Å². The number of piperazine rings is 1. The zero-order chi connectivity index (χ0) is 23.3. The summed E-state index contributed by atoms with van der Waals surface area (Å²) in [6.07, 6.45) is 7.66. The van der Waals surface area contributed by atoms with Crippen molar-refractivity contribution in [2.24, 2.45) is 17.3 Å². The van der Waals surface area contributed by atoms with Gasteiger partial charge in [-0.05, 0) is 81.8 Å². The molecule has 1 N–H and O–H groups in total. The Labute approximate surface area is 196 Å². The van der Waals surface area contributed by atoms with Crippen LogP contribution in [0.5, 0.6) is 0 Å². The van der Waals surface area contributed by atoms with Crippen LogP contribution in [0.3, 0.4) is 0 Å². The molecule has 3 rings (SSSR count). The Morgan fingerprint density at radius 1 is 1.03 bits per heavy atom. The average molecular weight is 449 g/mol. The Morgan fingerprint density at radius 2 is 1.69 bits per heavy atom. The van der Waals surface area contributed by atoms with Crippen molar-refractivity contribution in [3.05, 3.63) is 0 Å². The zero-order valence-electron chi connectivity index (χ0n) is 21.4. The largest absolute Gasteiger partial charge is 0.341 e. The van der Waals surface area contributed by atoms with Gasteiger partial charge >= 0.3 is 0 Å². The van der Waals surface area contributed by atoms with Gasteiger partial charge in [0.15, 0.2) is 0 Å². The molecule has 6 heteroatoms. The number of carbonyl (C=O) groups is 2. The molecule has 0 radical (unpaired) electrons. The molecule has 0 bridgehead atoms. The van der Waals surface area contributed by atoms with E-state index in [2.05, 4.69) is 49.7 Å². The molecule has 184 valence electrons. The Balaban J connectivity index is 1.60. The molecule has 0 unspecified atom stereocenters. The van der Waals surface area contributed by atoms with Crippen LogP contribution in [0.1, 0.15) is 79.6 Å². The Morgan fingerprint density at radius 3 is 2.28 bits per heavy atom. The molecule has 32 heavy (non-hydrogen) atoms. The molecule has 3 aliphatic rings. The van der Waals surface area contributed by atoms with Gasteiger partial charge in [0, 0.05) is 26.2 Å². The summed E-state index contributed by atoms with van der Waals surface area (Å²) in [4.78, 5) is 33.5. The van der Waals surface area contributed by atoms with E-state index in [1.807, 2.05) is 4.90 Å². The third-order valence-electron chi connectivity index (χ3n) is 7.90. The normalized spacial score (nSPS) is 25.7. The third kappa shape index (κ3) is 6.69. The van der Waals surface area contributed by atoms with E-state index in [0.29, 0.717) is 23.8 Å². The smallest absolute Gasteiger partial charge is 0.245 e. The number of hydrogen-bond acceptors (Lipinski definition) is 4. The van der Waals surface area contributed by atoms with Crippen molar-refractivity contribution >= 4 is 11.8 Å². The quantitative estimate of drug-likeness (QED) is 0.588. The van der Waals surface area contributed by atoms with Gasteiger partial charge in [-0.3, -0.25) is 9.59 Å². The standard InChI is InChI=1S/C26H48N4O2/c1-20(2)18-22-24(31)30(17-11-27-22)23(19-21(3)4)25(32)29-15-9-26(5,10-16-29)8-14-28-12-6-7-13-28/h20-23,27H,6-19H2,1-5H3/t22-,23-/m0/s1. The van der Waals surface area contributed by atoms with Crippen LogP contribution in [-0.2, 0) is 9.59 Å². The van der Waals surface area contributed by atoms with Gasteiger partial charge in [-0.25, -0.2) is 0 Å². The van der Waals surface area contributed by atoms with Crippen molar-refractivity contribution < 1.29 is 9.59 Å². The van der Waals surface area contributed by atoms with Crippen LogP contribution >= 0.6 is 0 Å². The minimum Gasteiger partial charge on any atom is -0.341 e. The van der Waals surface area contributed by atoms with Crippen molar-refractivity contribution in [3.8, 4) is 0 Å². The molecule has 0 aromatic heterocycles. The highest BCUT2D eigenvalue weighted by Gasteiger charge is 2.40. The highest BCUT2D eigenvalue weighted by molar-refractivity contribution is 5.90. The SMILES string of the molecule is CC(C)C[C@@H]1NCCN([C@@H](CC(C)C)C(=O)N2CCC(C)(CCN3CCCC3)CC2)C1=O. The molecule has 0 saturated carbocycles. The second-order valence-corrected chi connectivity index (χ2v) is 11.7. The van der Waals surface area contributed by atoms with Gasteiger partial charge in [0.1, 0.15) is 6.04 Å². The molecule has 3 fully saturated rings. The number of hydrogen-bond donors (Lipinski definition) is 1. The summed E-state index contributed by atoms with van der Waals surface area (Å²) < 4.78 is 0. The number of nitrogens with one attached hydrogen (secondary N) is 1. The number of amides is 2. The minimum atomic E-state index is -0.312. The van der Waals surface area contributed by atoms with Crippen LogP contribution in [0.15, 0.2) is 0 Å². The fraction of sp³-hybridized carbons (Fsp3) is 0.923. The first-order valence-electron chi connectivity index (χ1n) is 13.2. The predicted octanol–water partition coefficient (Wildman–Crippen LogP) is 3.36. The summed E-state index contributed by atoms with van der Waals surface area (Å²) in [6, 6.07) is -0.463. The van der Waals surface area contributed by atoms with Crippen LogP contribution in [0.4, 0.5) is 0 Å². The fourth-order valence-electron chi connectivity index (χ4n) is 5.69. The summed E-state index contributed by atoms with van der Waals surface area (Å²) in [5.41, 5.74) is 0.333. The second-order valence-electron chi connectivity index (χ2n) is 11.7. The van der Waals surface area contributed by atoms with Gasteiger partial charge in [0.25, 0.3) is 0 Å². The molecule has 0 aliphatic carbocycles. The summed E-state index contributed by atoms with van der Waals surface area (Å²) in [6.45, 7) is 17.8. The maximum absolute atomic E-state index is 13.7. The Hall–Kier alpha value is -1.14. The molecule has 3 aliphatic heterocycles. The molecular weight excluding hydrogens is 400 g/mol. The Bertz CT molecular complexity index is 621. The maximum Gasteiger partial charge on any atom is 0.245 e. The summed E-state index contributed by atoms with van der Waals surface area (Å²) in [5, 5.41) is 3.38. The predicted molar refractivity (Wildman–Crippen MR) is 130 cm³/mol. The molecule has 0 spiro atoms. The molecule has 6 nitrogen and oxygen atoms in total. The van der Waals surface area contributed by atoms with E-state index < -0.39 is 0 Å². The lowest BCUT2D eigenvalue weighted by Gasteiger charge is -2.44. The minimum absolute atomic E-state index is 0.122. The van der Waals surface area contributed by atoms with E-state index in [1.165, 1.54) is 38.9 Å². The zero-order valence-corrected chi connectivity index (χ0v) is 21.4. The van der Waals surface area contributed by atoms with Gasteiger partial charge in [0.05, 0.1) is 6.04 Å². The van der Waals surface area contributed by atoms with Gasteiger partial charge in [0.2, 0.25) is 11.8 Å². The first kappa shape index (κ1) is 25.5. The van der Waals surface area contributed by atoms with E-state index in [-0.39, 0.29) is 23.9 Å². The van der Waals surface area contributed by atoms with Crippen LogP contribution in [0.2, 0.25) is 0 Å². The van der Waals surface area contributed by atoms with Crippen molar-refractivity contribution in [1.82, 2.24) is 20.0 Å². The van der Waals surface area contributed by atoms with Crippen molar-refractivity contribution in [2.45, 2.75) is 91.6 Å². The van der Waals surface area contributed by atoms with Crippen molar-refractivity contribution in [2.75, 3.05) is 45.8 Å². The number of carbonyl (C=O) groups excluding carboxylic acids is 2.